The van der Waals surface area contributed by atoms with Gasteiger partial charge in [-0.3, -0.25) is 4.90 Å². The smallest absolute Gasteiger partial charge is 0.229 e. The average molecular weight is 508 g/mol. The summed E-state index contributed by atoms with van der Waals surface area (Å²) in [5, 5.41) is 7.14. The number of benzene rings is 1. The molecule has 1 unspecified atom stereocenters. The largest absolute Gasteiger partial charge is 0.473 e. The molecule has 37 heavy (non-hydrogen) atoms. The molecule has 192 valence electrons. The van der Waals surface area contributed by atoms with Crippen molar-refractivity contribution in [3.8, 4) is 11.6 Å². The summed E-state index contributed by atoms with van der Waals surface area (Å²) in [6, 6.07) is 8.13. The molecular weight excluding hydrogens is 480 g/mol. The molecule has 2 aliphatic heterocycles. The predicted octanol–water partition coefficient (Wildman–Crippen LogP) is 3.41. The van der Waals surface area contributed by atoms with Crippen molar-refractivity contribution in [3.05, 3.63) is 66.1 Å². The third-order valence-electron chi connectivity index (χ3n) is 6.61. The number of anilines is 2. The van der Waals surface area contributed by atoms with E-state index < -0.39 is 11.6 Å². The molecule has 3 aromatic heterocycles. The van der Waals surface area contributed by atoms with Crippen molar-refractivity contribution in [2.24, 2.45) is 0 Å². The predicted molar refractivity (Wildman–Crippen MR) is 134 cm³/mol. The Bertz CT molecular complexity index is 1360. The molecule has 2 N–H and O–H groups in total. The fraction of sp³-hybridized carbons (Fsp3) is 0.346. The van der Waals surface area contributed by atoms with Gasteiger partial charge in [-0.15, -0.1) is 0 Å². The van der Waals surface area contributed by atoms with Crippen molar-refractivity contribution in [3.63, 3.8) is 0 Å². The second-order valence-corrected chi connectivity index (χ2v) is 9.18. The first-order valence-electron chi connectivity index (χ1n) is 12.4. The van der Waals surface area contributed by atoms with Gasteiger partial charge in [0.25, 0.3) is 0 Å². The van der Waals surface area contributed by atoms with Crippen molar-refractivity contribution in [2.75, 3.05) is 44.7 Å². The first-order valence-corrected chi connectivity index (χ1v) is 12.4. The number of halogens is 2. The summed E-state index contributed by atoms with van der Waals surface area (Å²) in [5.74, 6) is -0.270. The normalized spacial score (nSPS) is 18.4. The van der Waals surface area contributed by atoms with Gasteiger partial charge in [0.1, 0.15) is 23.4 Å². The number of pyridine rings is 1. The van der Waals surface area contributed by atoms with Gasteiger partial charge in [0.05, 0.1) is 30.8 Å². The molecule has 0 bridgehead atoms. The van der Waals surface area contributed by atoms with Crippen LogP contribution >= 0.6 is 0 Å². The van der Waals surface area contributed by atoms with Crippen molar-refractivity contribution in [2.45, 2.75) is 19.1 Å². The number of aromatic nitrogens is 4. The van der Waals surface area contributed by atoms with Gasteiger partial charge < -0.3 is 24.7 Å². The lowest BCUT2D eigenvalue weighted by molar-refractivity contribution is 0.0332. The summed E-state index contributed by atoms with van der Waals surface area (Å²) in [4.78, 5) is 15.3. The SMILES string of the molecule is Fc1cc(-n2ccc3cnc(Nc4ccc(OC5CCNC5)nc4)nc32)cc(F)c1CN1CCOCC1. The van der Waals surface area contributed by atoms with Crippen LogP contribution in [0.5, 0.6) is 5.88 Å². The third kappa shape index (κ3) is 5.24. The molecule has 0 saturated carbocycles. The van der Waals surface area contributed by atoms with E-state index >= 15 is 8.78 Å². The molecule has 2 aliphatic rings. The molecule has 0 spiro atoms. The lowest BCUT2D eigenvalue weighted by Crippen LogP contribution is -2.36. The first-order chi connectivity index (χ1) is 18.1. The van der Waals surface area contributed by atoms with Gasteiger partial charge in [-0.25, -0.2) is 18.7 Å². The average Bonchev–Trinajstić information content (AvgIpc) is 3.58. The van der Waals surface area contributed by atoms with Crippen LogP contribution < -0.4 is 15.4 Å². The lowest BCUT2D eigenvalue weighted by atomic mass is 10.1. The Kier molecular flexibility index (Phi) is 6.64. The molecular formula is C26H27F2N7O2. The van der Waals surface area contributed by atoms with Gasteiger partial charge >= 0.3 is 0 Å². The number of morpholine rings is 1. The Hall–Kier alpha value is -3.67. The number of hydrogen-bond acceptors (Lipinski definition) is 8. The van der Waals surface area contributed by atoms with E-state index in [9.17, 15) is 0 Å². The Labute approximate surface area is 212 Å². The van der Waals surface area contributed by atoms with Crippen LogP contribution in [0.4, 0.5) is 20.4 Å². The highest BCUT2D eigenvalue weighted by Crippen LogP contribution is 2.25. The standard InChI is InChI=1S/C26H27F2N7O2/c27-22-11-19(12-23(28)21(22)16-34-7-9-36-10-8-34)35-6-4-17-13-31-26(33-25(17)35)32-18-1-2-24(30-14-18)37-20-3-5-29-15-20/h1-2,4,6,11-14,20,29H,3,5,7-10,15-16H2,(H,31,32,33). The molecule has 6 rings (SSSR count). The van der Waals surface area contributed by atoms with Crippen LogP contribution in [0.3, 0.4) is 0 Å². The van der Waals surface area contributed by atoms with E-state index in [0.29, 0.717) is 55.2 Å². The zero-order valence-electron chi connectivity index (χ0n) is 20.2. The highest BCUT2D eigenvalue weighted by molar-refractivity contribution is 5.78. The van der Waals surface area contributed by atoms with Crippen LogP contribution in [0.15, 0.2) is 48.9 Å². The summed E-state index contributed by atoms with van der Waals surface area (Å²) in [6.07, 6.45) is 6.14. The summed E-state index contributed by atoms with van der Waals surface area (Å²) in [6.45, 7) is 4.41. The first kappa shape index (κ1) is 23.7. The minimum absolute atomic E-state index is 0.0585. The van der Waals surface area contributed by atoms with Crippen molar-refractivity contribution >= 4 is 22.7 Å². The van der Waals surface area contributed by atoms with Crippen LogP contribution in [0.2, 0.25) is 0 Å². The van der Waals surface area contributed by atoms with E-state index in [1.54, 1.807) is 29.2 Å². The highest BCUT2D eigenvalue weighted by atomic mass is 19.1. The fourth-order valence-corrected chi connectivity index (χ4v) is 4.60. The van der Waals surface area contributed by atoms with E-state index in [-0.39, 0.29) is 18.2 Å². The van der Waals surface area contributed by atoms with Gasteiger partial charge in [-0.2, -0.15) is 4.98 Å². The van der Waals surface area contributed by atoms with E-state index in [0.717, 1.165) is 24.9 Å². The molecule has 2 fully saturated rings. The molecule has 5 heterocycles. The maximum Gasteiger partial charge on any atom is 0.229 e. The number of hydrogen-bond donors (Lipinski definition) is 2. The summed E-state index contributed by atoms with van der Waals surface area (Å²) in [5.41, 5.74) is 1.63. The van der Waals surface area contributed by atoms with E-state index in [1.807, 2.05) is 17.0 Å². The molecule has 0 radical (unpaired) electrons. The third-order valence-corrected chi connectivity index (χ3v) is 6.61. The zero-order chi connectivity index (χ0) is 25.2. The van der Waals surface area contributed by atoms with E-state index in [2.05, 4.69) is 25.6 Å². The Morgan fingerprint density at radius 3 is 2.65 bits per heavy atom. The van der Waals surface area contributed by atoms with Crippen LogP contribution in [0.25, 0.3) is 16.7 Å². The molecule has 11 heteroatoms. The van der Waals surface area contributed by atoms with E-state index in [1.165, 1.54) is 12.1 Å². The second kappa shape index (κ2) is 10.4. The summed E-state index contributed by atoms with van der Waals surface area (Å²) in [7, 11) is 0. The molecule has 0 aliphatic carbocycles. The number of fused-ring (bicyclic) bond motifs is 1. The molecule has 9 nitrogen and oxygen atoms in total. The van der Waals surface area contributed by atoms with Gasteiger partial charge in [0, 0.05) is 55.6 Å². The second-order valence-electron chi connectivity index (χ2n) is 9.18. The van der Waals surface area contributed by atoms with Crippen molar-refractivity contribution in [1.29, 1.82) is 0 Å². The molecule has 1 aromatic carbocycles. The Balaban J connectivity index is 1.21. The van der Waals surface area contributed by atoms with Gasteiger partial charge in [-0.05, 0) is 37.2 Å². The molecule has 4 aromatic rings. The quantitative estimate of drug-likeness (QED) is 0.394. The van der Waals surface area contributed by atoms with Gasteiger partial charge in [0.2, 0.25) is 11.8 Å². The number of ether oxygens (including phenoxy) is 2. The molecule has 0 amide bonds. The van der Waals surface area contributed by atoms with Crippen molar-refractivity contribution in [1.82, 2.24) is 29.7 Å². The summed E-state index contributed by atoms with van der Waals surface area (Å²) >= 11 is 0. The number of nitrogens with zero attached hydrogens (tertiary/aromatic N) is 5. The molecule has 2 saturated heterocycles. The van der Waals surface area contributed by atoms with Crippen LogP contribution in [0.1, 0.15) is 12.0 Å². The Morgan fingerprint density at radius 2 is 1.92 bits per heavy atom. The monoisotopic (exact) mass is 507 g/mol. The number of nitrogens with one attached hydrogen (secondary N) is 2. The minimum atomic E-state index is -0.586. The lowest BCUT2D eigenvalue weighted by Gasteiger charge is -2.27. The summed E-state index contributed by atoms with van der Waals surface area (Å²) < 4.78 is 42.8. The van der Waals surface area contributed by atoms with Gasteiger partial charge in [0.15, 0.2) is 0 Å². The Morgan fingerprint density at radius 1 is 1.08 bits per heavy atom. The van der Waals surface area contributed by atoms with Gasteiger partial charge in [-0.1, -0.05) is 0 Å². The minimum Gasteiger partial charge on any atom is -0.473 e. The van der Waals surface area contributed by atoms with Crippen molar-refractivity contribution < 1.29 is 18.3 Å². The maximum absolute atomic E-state index is 15.0. The van der Waals surface area contributed by atoms with Crippen LogP contribution in [0, 0.1) is 11.6 Å². The van der Waals surface area contributed by atoms with Crippen LogP contribution in [-0.2, 0) is 11.3 Å². The topological polar surface area (TPSA) is 89.4 Å². The zero-order valence-corrected chi connectivity index (χ0v) is 20.2. The molecule has 1 atom stereocenters. The van der Waals surface area contributed by atoms with E-state index in [4.69, 9.17) is 9.47 Å². The highest BCUT2D eigenvalue weighted by Gasteiger charge is 2.19. The number of rotatable bonds is 7. The fourth-order valence-electron chi connectivity index (χ4n) is 4.60. The van der Waals surface area contributed by atoms with Crippen LogP contribution in [-0.4, -0.2) is 69.9 Å². The maximum atomic E-state index is 15.0.